The average Bonchev–Trinajstić information content (AvgIpc) is 2.95. The van der Waals surface area contributed by atoms with Crippen LogP contribution >= 0.6 is 0 Å². The van der Waals surface area contributed by atoms with Gasteiger partial charge in [-0.1, -0.05) is 122 Å². The Morgan fingerprint density at radius 3 is 1.86 bits per heavy atom. The number of nitrogens with two attached hydrogens (primary N) is 1. The molecule has 184 valence electrons. The Hall–Kier alpha value is -4.20. The standard InChI is InChI=1S/C35H30.CH5N/c1-5-8-13-25-17-18-27-23-29(20-19-26(27)22-25)35-31(7-3)30(6-2)34(28-14-11-12-24(4)21-28)32-15-9-10-16-33(32)35;1-2/h5-12,14-23H,2-3,13H2,1,4H3;2H2,1H3/b8-5-;. The van der Waals surface area contributed by atoms with Crippen LogP contribution in [0.3, 0.4) is 0 Å². The number of allylic oxidation sites excluding steroid dienone is 2. The Kier molecular flexibility index (Phi) is 8.18. The summed E-state index contributed by atoms with van der Waals surface area (Å²) in [4.78, 5) is 0. The second-order valence-corrected chi connectivity index (χ2v) is 9.07. The summed E-state index contributed by atoms with van der Waals surface area (Å²) in [6.07, 6.45) is 9.24. The van der Waals surface area contributed by atoms with Gasteiger partial charge in [-0.3, -0.25) is 0 Å². The summed E-state index contributed by atoms with van der Waals surface area (Å²) in [5.74, 6) is 0. The first-order valence-electron chi connectivity index (χ1n) is 12.8. The van der Waals surface area contributed by atoms with Gasteiger partial charge in [0.15, 0.2) is 0 Å². The number of hydrogen-bond donors (Lipinski definition) is 1. The smallest absolute Gasteiger partial charge is 0.00264 e. The molecule has 0 fully saturated rings. The van der Waals surface area contributed by atoms with Crippen molar-refractivity contribution in [2.45, 2.75) is 20.3 Å². The molecule has 0 aromatic heterocycles. The number of fused-ring (bicyclic) bond motifs is 2. The van der Waals surface area contributed by atoms with E-state index in [2.05, 4.69) is 130 Å². The zero-order valence-corrected chi connectivity index (χ0v) is 22.1. The fourth-order valence-corrected chi connectivity index (χ4v) is 5.16. The van der Waals surface area contributed by atoms with Crippen molar-refractivity contribution in [2.75, 3.05) is 7.05 Å². The van der Waals surface area contributed by atoms with Crippen molar-refractivity contribution in [1.82, 2.24) is 0 Å². The highest BCUT2D eigenvalue weighted by Crippen LogP contribution is 2.43. The van der Waals surface area contributed by atoms with Crippen LogP contribution < -0.4 is 5.73 Å². The molecule has 0 heterocycles. The lowest BCUT2D eigenvalue weighted by molar-refractivity contribution is 1.27. The molecule has 1 nitrogen and oxygen atoms in total. The van der Waals surface area contributed by atoms with Crippen molar-refractivity contribution < 1.29 is 0 Å². The van der Waals surface area contributed by atoms with E-state index in [1.807, 2.05) is 12.2 Å². The first-order chi connectivity index (χ1) is 18.1. The molecule has 5 aromatic carbocycles. The van der Waals surface area contributed by atoms with E-state index in [1.54, 1.807) is 0 Å². The zero-order chi connectivity index (χ0) is 26.4. The average molecular weight is 482 g/mol. The fourth-order valence-electron chi connectivity index (χ4n) is 5.16. The topological polar surface area (TPSA) is 26.0 Å². The van der Waals surface area contributed by atoms with Crippen molar-refractivity contribution in [1.29, 1.82) is 0 Å². The molecular formula is C36H35N. The molecule has 0 aliphatic carbocycles. The van der Waals surface area contributed by atoms with Gasteiger partial charge in [0.2, 0.25) is 0 Å². The lowest BCUT2D eigenvalue weighted by atomic mass is 9.83. The van der Waals surface area contributed by atoms with Crippen LogP contribution in [0.1, 0.15) is 29.2 Å². The lowest BCUT2D eigenvalue weighted by Gasteiger charge is -2.20. The summed E-state index contributed by atoms with van der Waals surface area (Å²) in [7, 11) is 1.50. The molecule has 0 spiro atoms. The largest absolute Gasteiger partial charge is 0.333 e. The normalized spacial score (nSPS) is 10.9. The highest BCUT2D eigenvalue weighted by Gasteiger charge is 2.18. The third-order valence-electron chi connectivity index (χ3n) is 6.79. The Morgan fingerprint density at radius 2 is 1.27 bits per heavy atom. The molecule has 37 heavy (non-hydrogen) atoms. The predicted octanol–water partition coefficient (Wildman–Crippen LogP) is 9.61. The second kappa shape index (κ2) is 11.7. The first kappa shape index (κ1) is 25.9. The Morgan fingerprint density at radius 1 is 0.676 bits per heavy atom. The van der Waals surface area contributed by atoms with E-state index >= 15 is 0 Å². The van der Waals surface area contributed by atoms with E-state index in [9.17, 15) is 0 Å². The maximum atomic E-state index is 4.50. The summed E-state index contributed by atoms with van der Waals surface area (Å²) in [5.41, 5.74) is 14.2. The van der Waals surface area contributed by atoms with Gasteiger partial charge in [0, 0.05) is 0 Å². The van der Waals surface area contributed by atoms with Crippen LogP contribution in [0.2, 0.25) is 0 Å². The maximum absolute atomic E-state index is 4.50. The number of benzene rings is 5. The van der Waals surface area contributed by atoms with Crippen LogP contribution in [0.4, 0.5) is 0 Å². The van der Waals surface area contributed by atoms with Crippen molar-refractivity contribution in [3.8, 4) is 22.3 Å². The van der Waals surface area contributed by atoms with Crippen LogP contribution in [0.15, 0.2) is 110 Å². The number of aryl methyl sites for hydroxylation is 1. The van der Waals surface area contributed by atoms with Crippen LogP contribution in [0, 0.1) is 6.92 Å². The maximum Gasteiger partial charge on any atom is -0.00264 e. The number of hydrogen-bond acceptors (Lipinski definition) is 1. The molecule has 0 amide bonds. The third-order valence-corrected chi connectivity index (χ3v) is 6.79. The first-order valence-corrected chi connectivity index (χ1v) is 12.8. The van der Waals surface area contributed by atoms with E-state index in [0.29, 0.717) is 0 Å². The van der Waals surface area contributed by atoms with E-state index in [1.165, 1.54) is 62.0 Å². The van der Waals surface area contributed by atoms with Crippen molar-refractivity contribution in [3.05, 3.63) is 132 Å². The second-order valence-electron chi connectivity index (χ2n) is 9.07. The van der Waals surface area contributed by atoms with E-state index in [0.717, 1.165) is 17.5 Å². The quantitative estimate of drug-likeness (QED) is 0.240. The molecule has 0 bridgehead atoms. The summed E-state index contributed by atoms with van der Waals surface area (Å²) < 4.78 is 0. The minimum atomic E-state index is 0.961. The molecule has 0 atom stereocenters. The highest BCUT2D eigenvalue weighted by atomic mass is 14.4. The van der Waals surface area contributed by atoms with Gasteiger partial charge in [-0.05, 0) is 93.9 Å². The molecule has 0 aliphatic heterocycles. The molecule has 2 N–H and O–H groups in total. The summed E-state index contributed by atoms with van der Waals surface area (Å²) in [5, 5.41) is 4.97. The van der Waals surface area contributed by atoms with Crippen molar-refractivity contribution >= 4 is 33.7 Å². The van der Waals surface area contributed by atoms with E-state index in [4.69, 9.17) is 0 Å². The van der Waals surface area contributed by atoms with Crippen LogP contribution in [0.25, 0.3) is 56.0 Å². The highest BCUT2D eigenvalue weighted by molar-refractivity contribution is 6.12. The van der Waals surface area contributed by atoms with Crippen LogP contribution in [-0.2, 0) is 6.42 Å². The Balaban J connectivity index is 0.00000156. The van der Waals surface area contributed by atoms with Gasteiger partial charge < -0.3 is 5.73 Å². The van der Waals surface area contributed by atoms with Gasteiger partial charge in [0.05, 0.1) is 0 Å². The molecular weight excluding hydrogens is 446 g/mol. The predicted molar refractivity (Wildman–Crippen MR) is 166 cm³/mol. The van der Waals surface area contributed by atoms with Crippen LogP contribution in [0.5, 0.6) is 0 Å². The monoisotopic (exact) mass is 481 g/mol. The van der Waals surface area contributed by atoms with Crippen molar-refractivity contribution in [3.63, 3.8) is 0 Å². The summed E-state index contributed by atoms with van der Waals surface area (Å²) >= 11 is 0. The molecule has 5 aromatic rings. The van der Waals surface area contributed by atoms with Gasteiger partial charge in [0.1, 0.15) is 0 Å². The summed E-state index contributed by atoms with van der Waals surface area (Å²) in [6, 6.07) is 31.0. The molecule has 0 saturated carbocycles. The van der Waals surface area contributed by atoms with Gasteiger partial charge in [-0.25, -0.2) is 0 Å². The van der Waals surface area contributed by atoms with Gasteiger partial charge in [0.25, 0.3) is 0 Å². The third kappa shape index (κ3) is 5.05. The van der Waals surface area contributed by atoms with E-state index in [-0.39, 0.29) is 0 Å². The molecule has 0 unspecified atom stereocenters. The Labute approximate surface area is 221 Å². The lowest BCUT2D eigenvalue weighted by Crippen LogP contribution is -1.96. The summed E-state index contributed by atoms with van der Waals surface area (Å²) in [6.45, 7) is 12.7. The zero-order valence-electron chi connectivity index (χ0n) is 22.1. The van der Waals surface area contributed by atoms with E-state index < -0.39 is 0 Å². The Bertz CT molecular complexity index is 1620. The molecule has 1 heteroatoms. The fraction of sp³-hybridized carbons (Fsp3) is 0.111. The molecule has 0 aliphatic rings. The van der Waals surface area contributed by atoms with Crippen molar-refractivity contribution in [2.24, 2.45) is 5.73 Å². The minimum Gasteiger partial charge on any atom is -0.333 e. The van der Waals surface area contributed by atoms with Gasteiger partial charge >= 0.3 is 0 Å². The van der Waals surface area contributed by atoms with Gasteiger partial charge in [-0.15, -0.1) is 0 Å². The number of rotatable bonds is 6. The molecule has 0 saturated heterocycles. The van der Waals surface area contributed by atoms with Gasteiger partial charge in [-0.2, -0.15) is 0 Å². The molecule has 5 rings (SSSR count). The molecule has 0 radical (unpaired) electrons. The SMILES string of the molecule is C=Cc1c(C=C)c(-c2ccc3cc(C/C=C\C)ccc3c2)c2ccccc2c1-c1cccc(C)c1.CN. The minimum absolute atomic E-state index is 0.961. The van der Waals surface area contributed by atoms with Crippen LogP contribution in [-0.4, -0.2) is 7.05 Å².